The van der Waals surface area contributed by atoms with Crippen molar-refractivity contribution in [2.75, 3.05) is 0 Å². The molecule has 1 aromatic heterocycles. The minimum absolute atomic E-state index is 0.0618. The lowest BCUT2D eigenvalue weighted by Gasteiger charge is -2.07. The van der Waals surface area contributed by atoms with Crippen LogP contribution < -0.4 is 5.56 Å². The predicted molar refractivity (Wildman–Crippen MR) is 47.7 cm³/mol. The molecule has 0 aliphatic rings. The molecule has 70 valence electrons. The Kier molecular flexibility index (Phi) is 2.46. The monoisotopic (exact) mass is 182 g/mol. The van der Waals surface area contributed by atoms with Crippen molar-refractivity contribution in [3.05, 3.63) is 38.8 Å². The Morgan fingerprint density at radius 2 is 2.08 bits per heavy atom. The van der Waals surface area contributed by atoms with Gasteiger partial charge in [0.05, 0.1) is 11.1 Å². The molecule has 0 fully saturated rings. The molecule has 0 aliphatic carbocycles. The highest BCUT2D eigenvalue weighted by molar-refractivity contribution is 5.24. The van der Waals surface area contributed by atoms with Gasteiger partial charge in [0, 0.05) is 18.2 Å². The van der Waals surface area contributed by atoms with Gasteiger partial charge in [-0.05, 0) is 13.8 Å². The van der Waals surface area contributed by atoms with Gasteiger partial charge in [0.15, 0.2) is 0 Å². The first-order valence-corrected chi connectivity index (χ1v) is 3.89. The maximum absolute atomic E-state index is 11.2. The minimum atomic E-state index is -0.516. The third kappa shape index (κ3) is 1.93. The second kappa shape index (κ2) is 3.38. The third-order valence-electron chi connectivity index (χ3n) is 1.69. The van der Waals surface area contributed by atoms with E-state index in [0.717, 1.165) is 0 Å². The molecule has 5 nitrogen and oxygen atoms in total. The van der Waals surface area contributed by atoms with E-state index >= 15 is 0 Å². The number of rotatable bonds is 2. The van der Waals surface area contributed by atoms with Crippen LogP contribution in [0, 0.1) is 10.1 Å². The first kappa shape index (κ1) is 9.44. The summed E-state index contributed by atoms with van der Waals surface area (Å²) in [5.41, 5.74) is -0.283. The summed E-state index contributed by atoms with van der Waals surface area (Å²) in [6.45, 7) is 3.59. The Bertz CT molecular complexity index is 381. The Hall–Kier alpha value is -1.65. The number of pyridine rings is 1. The van der Waals surface area contributed by atoms with E-state index in [2.05, 4.69) is 0 Å². The van der Waals surface area contributed by atoms with Crippen LogP contribution in [0.25, 0.3) is 0 Å². The number of nitro groups is 1. The third-order valence-corrected chi connectivity index (χ3v) is 1.69. The Balaban J connectivity index is 3.27. The molecule has 0 amide bonds. The van der Waals surface area contributed by atoms with E-state index in [-0.39, 0.29) is 17.3 Å². The summed E-state index contributed by atoms with van der Waals surface area (Å²) in [7, 11) is 0. The molecule has 1 heterocycles. The normalized spacial score (nSPS) is 10.4. The molecule has 0 saturated carbocycles. The molecule has 0 spiro atoms. The average molecular weight is 182 g/mol. The fraction of sp³-hybridized carbons (Fsp3) is 0.375. The number of aromatic nitrogens is 1. The maximum Gasteiger partial charge on any atom is 0.285 e. The zero-order valence-corrected chi connectivity index (χ0v) is 7.43. The molecule has 0 aliphatic heterocycles. The van der Waals surface area contributed by atoms with Crippen molar-refractivity contribution in [2.24, 2.45) is 0 Å². The molecule has 0 aromatic carbocycles. The highest BCUT2D eigenvalue weighted by Gasteiger charge is 2.08. The van der Waals surface area contributed by atoms with Gasteiger partial charge in [-0.15, -0.1) is 0 Å². The van der Waals surface area contributed by atoms with Crippen molar-refractivity contribution < 1.29 is 4.92 Å². The van der Waals surface area contributed by atoms with Crippen molar-refractivity contribution in [3.8, 4) is 0 Å². The van der Waals surface area contributed by atoms with Gasteiger partial charge in [0.1, 0.15) is 0 Å². The van der Waals surface area contributed by atoms with Crippen LogP contribution in [0.2, 0.25) is 0 Å². The van der Waals surface area contributed by atoms with Crippen molar-refractivity contribution >= 4 is 5.69 Å². The molecule has 0 radical (unpaired) electrons. The van der Waals surface area contributed by atoms with Crippen molar-refractivity contribution in [3.63, 3.8) is 0 Å². The van der Waals surface area contributed by atoms with Crippen LogP contribution >= 0.6 is 0 Å². The van der Waals surface area contributed by atoms with Gasteiger partial charge in [0.2, 0.25) is 0 Å². The molecule has 1 aromatic rings. The van der Waals surface area contributed by atoms with Crippen LogP contribution in [-0.4, -0.2) is 9.49 Å². The van der Waals surface area contributed by atoms with E-state index in [9.17, 15) is 14.9 Å². The van der Waals surface area contributed by atoms with Gasteiger partial charge in [-0.25, -0.2) is 0 Å². The van der Waals surface area contributed by atoms with Crippen molar-refractivity contribution in [2.45, 2.75) is 19.9 Å². The summed E-state index contributed by atoms with van der Waals surface area (Å²) in [6, 6.07) is 2.35. The second-order valence-electron chi connectivity index (χ2n) is 2.98. The molecule has 0 N–H and O–H groups in total. The zero-order chi connectivity index (χ0) is 10.0. The number of hydrogen-bond donors (Lipinski definition) is 0. The van der Waals surface area contributed by atoms with Crippen molar-refractivity contribution in [1.82, 2.24) is 4.57 Å². The first-order chi connectivity index (χ1) is 6.02. The fourth-order valence-corrected chi connectivity index (χ4v) is 1.00. The molecule has 0 atom stereocenters. The number of hydrogen-bond acceptors (Lipinski definition) is 3. The molecule has 0 unspecified atom stereocenters. The van der Waals surface area contributed by atoms with Crippen LogP contribution in [0.4, 0.5) is 5.69 Å². The van der Waals surface area contributed by atoms with Gasteiger partial charge >= 0.3 is 0 Å². The van der Waals surface area contributed by atoms with Gasteiger partial charge in [0.25, 0.3) is 11.2 Å². The molecule has 0 saturated heterocycles. The van der Waals surface area contributed by atoms with E-state index in [0.29, 0.717) is 0 Å². The molecule has 13 heavy (non-hydrogen) atoms. The van der Waals surface area contributed by atoms with E-state index in [4.69, 9.17) is 0 Å². The lowest BCUT2D eigenvalue weighted by Crippen LogP contribution is -2.20. The van der Waals surface area contributed by atoms with E-state index in [1.165, 1.54) is 22.9 Å². The van der Waals surface area contributed by atoms with Crippen LogP contribution in [0.3, 0.4) is 0 Å². The summed E-state index contributed by atoms with van der Waals surface area (Å²) in [5, 5.41) is 10.4. The van der Waals surface area contributed by atoms with Crippen LogP contribution in [0.1, 0.15) is 19.9 Å². The topological polar surface area (TPSA) is 65.1 Å². The minimum Gasteiger partial charge on any atom is -0.306 e. The van der Waals surface area contributed by atoms with Gasteiger partial charge in [-0.2, -0.15) is 0 Å². The second-order valence-corrected chi connectivity index (χ2v) is 2.98. The Morgan fingerprint density at radius 1 is 1.46 bits per heavy atom. The maximum atomic E-state index is 11.2. The standard InChI is InChI=1S/C8H10N2O3/c1-6(2)9-5-7(10(12)13)3-4-8(9)11/h3-6H,1-2H3. The van der Waals surface area contributed by atoms with E-state index < -0.39 is 4.92 Å². The predicted octanol–water partition coefficient (Wildman–Crippen LogP) is 1.34. The summed E-state index contributed by atoms with van der Waals surface area (Å²) in [6.07, 6.45) is 1.26. The van der Waals surface area contributed by atoms with Crippen LogP contribution in [0.15, 0.2) is 23.1 Å². The molecule has 5 heteroatoms. The molecule has 0 bridgehead atoms. The van der Waals surface area contributed by atoms with Gasteiger partial charge < -0.3 is 4.57 Å². The van der Waals surface area contributed by atoms with E-state index in [1.54, 1.807) is 13.8 Å². The summed E-state index contributed by atoms with van der Waals surface area (Å²) in [5.74, 6) is 0. The van der Waals surface area contributed by atoms with Crippen LogP contribution in [0.5, 0.6) is 0 Å². The smallest absolute Gasteiger partial charge is 0.285 e. The Morgan fingerprint density at radius 3 is 2.54 bits per heavy atom. The van der Waals surface area contributed by atoms with Crippen molar-refractivity contribution in [1.29, 1.82) is 0 Å². The lowest BCUT2D eigenvalue weighted by molar-refractivity contribution is -0.385. The average Bonchev–Trinajstić information content (AvgIpc) is 2.04. The quantitative estimate of drug-likeness (QED) is 0.512. The largest absolute Gasteiger partial charge is 0.306 e. The van der Waals surface area contributed by atoms with E-state index in [1.807, 2.05) is 0 Å². The molecule has 1 rings (SSSR count). The summed E-state index contributed by atoms with van der Waals surface area (Å²) in [4.78, 5) is 21.0. The zero-order valence-electron chi connectivity index (χ0n) is 7.43. The lowest BCUT2D eigenvalue weighted by atomic mass is 10.3. The van der Waals surface area contributed by atoms with Crippen LogP contribution in [-0.2, 0) is 0 Å². The number of nitrogens with zero attached hydrogens (tertiary/aromatic N) is 2. The fourth-order valence-electron chi connectivity index (χ4n) is 1.00. The highest BCUT2D eigenvalue weighted by atomic mass is 16.6. The SMILES string of the molecule is CC(C)n1cc([N+](=O)[O-])ccc1=O. The van der Waals surface area contributed by atoms with Gasteiger partial charge in [-0.3, -0.25) is 14.9 Å². The Labute approximate surface area is 74.8 Å². The van der Waals surface area contributed by atoms with Gasteiger partial charge in [-0.1, -0.05) is 0 Å². The highest BCUT2D eigenvalue weighted by Crippen LogP contribution is 2.09. The summed E-state index contributed by atoms with van der Waals surface area (Å²) < 4.78 is 1.33. The summed E-state index contributed by atoms with van der Waals surface area (Å²) >= 11 is 0. The molecular weight excluding hydrogens is 172 g/mol. The molecular formula is C8H10N2O3. The first-order valence-electron chi connectivity index (χ1n) is 3.89.